The molecule has 1 amide bonds. The lowest BCUT2D eigenvalue weighted by molar-refractivity contribution is -0.118. The molecule has 0 aliphatic carbocycles. The molecule has 80 valence electrons. The second-order valence-electron chi connectivity index (χ2n) is 2.95. The van der Waals surface area contributed by atoms with Gasteiger partial charge in [-0.25, -0.2) is 0 Å². The molecule has 0 bridgehead atoms. The van der Waals surface area contributed by atoms with Gasteiger partial charge in [0.2, 0.25) is 5.91 Å². The van der Waals surface area contributed by atoms with E-state index in [-0.39, 0.29) is 5.91 Å². The molecule has 1 N–H and O–H groups in total. The number of amides is 1. The first-order valence-corrected chi connectivity index (χ1v) is 5.40. The summed E-state index contributed by atoms with van der Waals surface area (Å²) in [5.74, 6) is 5.78. The van der Waals surface area contributed by atoms with E-state index in [1.807, 2.05) is 11.4 Å². The van der Waals surface area contributed by atoms with Gasteiger partial charge in [-0.15, -0.1) is 11.3 Å². The Labute approximate surface area is 93.5 Å². The van der Waals surface area contributed by atoms with E-state index in [0.29, 0.717) is 13.2 Å². The minimum Gasteiger partial charge on any atom is -0.379 e. The summed E-state index contributed by atoms with van der Waals surface area (Å²) in [6, 6.07) is 1.99. The lowest BCUT2D eigenvalue weighted by Crippen LogP contribution is -2.19. The zero-order valence-corrected chi connectivity index (χ0v) is 9.61. The molecule has 0 spiro atoms. The lowest BCUT2D eigenvalue weighted by Gasteiger charge is -1.90. The molecular weight excluding hydrogens is 210 g/mol. The summed E-state index contributed by atoms with van der Waals surface area (Å²) in [6.45, 7) is 2.49. The molecule has 0 atom stereocenters. The van der Waals surface area contributed by atoms with Crippen molar-refractivity contribution in [1.29, 1.82) is 0 Å². The van der Waals surface area contributed by atoms with Crippen molar-refractivity contribution < 1.29 is 9.53 Å². The molecule has 4 heteroatoms. The summed E-state index contributed by atoms with van der Waals surface area (Å²) in [5.41, 5.74) is 0.970. The standard InChI is InChI=1S/C11H13NO2S/c1-9(13)12-5-3-4-10-6-11(7-14-2)15-8-10/h6,8H,5,7H2,1-2H3,(H,12,13). The van der Waals surface area contributed by atoms with E-state index in [1.165, 1.54) is 6.92 Å². The van der Waals surface area contributed by atoms with E-state index < -0.39 is 0 Å². The van der Waals surface area contributed by atoms with E-state index in [9.17, 15) is 4.79 Å². The highest BCUT2D eigenvalue weighted by Crippen LogP contribution is 2.14. The van der Waals surface area contributed by atoms with Gasteiger partial charge in [0.25, 0.3) is 0 Å². The van der Waals surface area contributed by atoms with Crippen molar-refractivity contribution in [3.05, 3.63) is 21.9 Å². The van der Waals surface area contributed by atoms with Crippen LogP contribution >= 0.6 is 11.3 Å². The lowest BCUT2D eigenvalue weighted by atomic mass is 10.3. The number of nitrogens with one attached hydrogen (secondary N) is 1. The van der Waals surface area contributed by atoms with Gasteiger partial charge < -0.3 is 10.1 Å². The van der Waals surface area contributed by atoms with Gasteiger partial charge in [-0.3, -0.25) is 4.79 Å². The monoisotopic (exact) mass is 223 g/mol. The molecule has 0 aliphatic rings. The Hall–Kier alpha value is -1.31. The number of methoxy groups -OCH3 is 1. The highest BCUT2D eigenvalue weighted by molar-refractivity contribution is 7.10. The number of hydrogen-bond acceptors (Lipinski definition) is 3. The summed E-state index contributed by atoms with van der Waals surface area (Å²) < 4.78 is 5.00. The van der Waals surface area contributed by atoms with Gasteiger partial charge in [0.1, 0.15) is 0 Å². The van der Waals surface area contributed by atoms with Crippen molar-refractivity contribution in [3.8, 4) is 11.8 Å². The molecule has 0 radical (unpaired) electrons. The van der Waals surface area contributed by atoms with E-state index in [2.05, 4.69) is 17.2 Å². The van der Waals surface area contributed by atoms with E-state index >= 15 is 0 Å². The van der Waals surface area contributed by atoms with Crippen LogP contribution in [0, 0.1) is 11.8 Å². The molecule has 0 saturated heterocycles. The highest BCUT2D eigenvalue weighted by atomic mass is 32.1. The molecule has 0 unspecified atom stereocenters. The predicted octanol–water partition coefficient (Wildman–Crippen LogP) is 1.38. The smallest absolute Gasteiger partial charge is 0.217 e. The first kappa shape index (κ1) is 11.8. The van der Waals surface area contributed by atoms with Crippen LogP contribution in [0.3, 0.4) is 0 Å². The van der Waals surface area contributed by atoms with Crippen LogP contribution in [0.1, 0.15) is 17.4 Å². The van der Waals surface area contributed by atoms with Crippen molar-refractivity contribution in [2.45, 2.75) is 13.5 Å². The number of carbonyl (C=O) groups excluding carboxylic acids is 1. The molecule has 1 aromatic heterocycles. The SMILES string of the molecule is COCc1cc(C#CCNC(C)=O)cs1. The zero-order valence-electron chi connectivity index (χ0n) is 8.79. The highest BCUT2D eigenvalue weighted by Gasteiger charge is 1.95. The number of rotatable bonds is 3. The summed E-state index contributed by atoms with van der Waals surface area (Å²) in [4.78, 5) is 11.7. The molecule has 1 aromatic rings. The fraction of sp³-hybridized carbons (Fsp3) is 0.364. The van der Waals surface area contributed by atoms with Crippen LogP contribution in [0.2, 0.25) is 0 Å². The van der Waals surface area contributed by atoms with Crippen molar-refractivity contribution >= 4 is 17.2 Å². The molecule has 0 saturated carbocycles. The molecule has 3 nitrogen and oxygen atoms in total. The van der Waals surface area contributed by atoms with Crippen LogP contribution in [0.25, 0.3) is 0 Å². The molecule has 1 heterocycles. The quantitative estimate of drug-likeness (QED) is 0.786. The molecular formula is C11H13NO2S. The minimum atomic E-state index is -0.0605. The average Bonchev–Trinajstić information content (AvgIpc) is 2.61. The third-order valence-electron chi connectivity index (χ3n) is 1.60. The van der Waals surface area contributed by atoms with Gasteiger partial charge in [0, 0.05) is 29.9 Å². The normalized spacial score (nSPS) is 9.20. The Balaban J connectivity index is 2.45. The molecule has 0 aliphatic heterocycles. The van der Waals surface area contributed by atoms with Crippen molar-refractivity contribution in [1.82, 2.24) is 5.32 Å². The van der Waals surface area contributed by atoms with Gasteiger partial charge in [0.05, 0.1) is 13.2 Å². The molecule has 0 fully saturated rings. The van der Waals surface area contributed by atoms with Crippen LogP contribution in [0.4, 0.5) is 0 Å². The second kappa shape index (κ2) is 6.23. The van der Waals surface area contributed by atoms with Gasteiger partial charge in [-0.2, -0.15) is 0 Å². The van der Waals surface area contributed by atoms with Crippen LogP contribution in [0.15, 0.2) is 11.4 Å². The fourth-order valence-electron chi connectivity index (χ4n) is 0.979. The average molecular weight is 223 g/mol. The third-order valence-corrected chi connectivity index (χ3v) is 2.51. The van der Waals surface area contributed by atoms with E-state index in [1.54, 1.807) is 18.4 Å². The number of hydrogen-bond donors (Lipinski definition) is 1. The number of ether oxygens (including phenoxy) is 1. The first-order chi connectivity index (χ1) is 7.22. The summed E-state index contributed by atoms with van der Waals surface area (Å²) >= 11 is 1.62. The van der Waals surface area contributed by atoms with Crippen molar-refractivity contribution in [2.24, 2.45) is 0 Å². The minimum absolute atomic E-state index is 0.0605. The Morgan fingerprint density at radius 3 is 3.13 bits per heavy atom. The maximum absolute atomic E-state index is 10.6. The van der Waals surface area contributed by atoms with Crippen molar-refractivity contribution in [3.63, 3.8) is 0 Å². The van der Waals surface area contributed by atoms with Gasteiger partial charge >= 0.3 is 0 Å². The molecule has 1 rings (SSSR count). The summed E-state index contributed by atoms with van der Waals surface area (Å²) in [7, 11) is 1.67. The maximum atomic E-state index is 10.6. The predicted molar refractivity (Wildman–Crippen MR) is 60.6 cm³/mol. The Morgan fingerprint density at radius 2 is 2.47 bits per heavy atom. The van der Waals surface area contributed by atoms with Crippen molar-refractivity contribution in [2.75, 3.05) is 13.7 Å². The second-order valence-corrected chi connectivity index (χ2v) is 3.94. The molecule has 0 aromatic carbocycles. The Kier molecular flexibility index (Phi) is 4.88. The maximum Gasteiger partial charge on any atom is 0.217 e. The first-order valence-electron chi connectivity index (χ1n) is 4.52. The summed E-state index contributed by atoms with van der Waals surface area (Å²) in [5, 5.41) is 4.60. The topological polar surface area (TPSA) is 38.3 Å². The van der Waals surface area contributed by atoms with Crippen LogP contribution in [-0.2, 0) is 16.1 Å². The van der Waals surface area contributed by atoms with Gasteiger partial charge in [-0.05, 0) is 6.07 Å². The number of carbonyl (C=O) groups is 1. The van der Waals surface area contributed by atoms with Gasteiger partial charge in [-0.1, -0.05) is 11.8 Å². The van der Waals surface area contributed by atoms with E-state index in [0.717, 1.165) is 10.4 Å². The fourth-order valence-corrected chi connectivity index (χ4v) is 1.77. The Bertz CT molecular complexity index is 387. The van der Waals surface area contributed by atoms with Crippen LogP contribution in [0.5, 0.6) is 0 Å². The Morgan fingerprint density at radius 1 is 1.67 bits per heavy atom. The third kappa shape index (κ3) is 4.63. The summed E-state index contributed by atoms with van der Waals surface area (Å²) in [6.07, 6.45) is 0. The van der Waals surface area contributed by atoms with Crippen LogP contribution < -0.4 is 5.32 Å². The zero-order chi connectivity index (χ0) is 11.1. The largest absolute Gasteiger partial charge is 0.379 e. The van der Waals surface area contributed by atoms with Gasteiger partial charge in [0.15, 0.2) is 0 Å². The number of thiophene rings is 1. The molecule has 15 heavy (non-hydrogen) atoms. The van der Waals surface area contributed by atoms with E-state index in [4.69, 9.17) is 4.74 Å². The van der Waals surface area contributed by atoms with Crippen LogP contribution in [-0.4, -0.2) is 19.6 Å².